The lowest BCUT2D eigenvalue weighted by Gasteiger charge is -2.04. The van der Waals surface area contributed by atoms with Crippen molar-refractivity contribution in [1.29, 1.82) is 0 Å². The van der Waals surface area contributed by atoms with Crippen LogP contribution in [0.3, 0.4) is 0 Å². The molecular weight excluding hydrogens is 262 g/mol. The van der Waals surface area contributed by atoms with Crippen molar-refractivity contribution < 1.29 is 0 Å². The summed E-state index contributed by atoms with van der Waals surface area (Å²) in [5, 5.41) is 3.16. The SMILES string of the molecule is Cc1csc(Cn2c(=S)[nH]c3cccc(C)c32)n1. The highest BCUT2D eigenvalue weighted by Crippen LogP contribution is 2.20. The topological polar surface area (TPSA) is 33.6 Å². The fourth-order valence-electron chi connectivity index (χ4n) is 2.16. The Morgan fingerprint density at radius 1 is 1.39 bits per heavy atom. The van der Waals surface area contributed by atoms with Gasteiger partial charge in [-0.05, 0) is 37.7 Å². The number of nitrogens with one attached hydrogen (secondary N) is 1. The number of H-pyrrole nitrogens is 1. The van der Waals surface area contributed by atoms with E-state index in [-0.39, 0.29) is 0 Å². The summed E-state index contributed by atoms with van der Waals surface area (Å²) in [5.74, 6) is 0. The summed E-state index contributed by atoms with van der Waals surface area (Å²) >= 11 is 7.08. The number of aromatic nitrogens is 3. The van der Waals surface area contributed by atoms with Gasteiger partial charge in [0.1, 0.15) is 5.01 Å². The molecule has 3 nitrogen and oxygen atoms in total. The highest BCUT2D eigenvalue weighted by molar-refractivity contribution is 7.71. The predicted molar refractivity (Wildman–Crippen MR) is 77.8 cm³/mol. The van der Waals surface area contributed by atoms with Crippen molar-refractivity contribution in [2.45, 2.75) is 20.4 Å². The maximum atomic E-state index is 5.40. The minimum atomic E-state index is 0.738. The zero-order valence-electron chi connectivity index (χ0n) is 10.2. The van der Waals surface area contributed by atoms with Crippen LogP contribution in [0, 0.1) is 18.6 Å². The Bertz CT molecular complexity index is 764. The number of benzene rings is 1. The molecule has 3 aromatic rings. The minimum absolute atomic E-state index is 0.738. The number of imidazole rings is 1. The Morgan fingerprint density at radius 3 is 2.94 bits per heavy atom. The summed E-state index contributed by atoms with van der Waals surface area (Å²) in [6, 6.07) is 6.21. The molecule has 1 aromatic carbocycles. The van der Waals surface area contributed by atoms with Gasteiger partial charge in [0.2, 0.25) is 0 Å². The molecule has 18 heavy (non-hydrogen) atoms. The van der Waals surface area contributed by atoms with Crippen LogP contribution in [0.1, 0.15) is 16.3 Å². The van der Waals surface area contributed by atoms with Gasteiger partial charge < -0.3 is 9.55 Å². The largest absolute Gasteiger partial charge is 0.331 e. The van der Waals surface area contributed by atoms with Crippen LogP contribution >= 0.6 is 23.6 Å². The summed E-state index contributed by atoms with van der Waals surface area (Å²) in [5.41, 5.74) is 4.56. The average molecular weight is 275 g/mol. The molecule has 0 saturated heterocycles. The van der Waals surface area contributed by atoms with Crippen molar-refractivity contribution in [1.82, 2.24) is 14.5 Å². The van der Waals surface area contributed by atoms with Crippen LogP contribution in [0.25, 0.3) is 11.0 Å². The van der Waals surface area contributed by atoms with Crippen LogP contribution in [0.15, 0.2) is 23.6 Å². The minimum Gasteiger partial charge on any atom is -0.331 e. The molecule has 0 spiro atoms. The van der Waals surface area contributed by atoms with Gasteiger partial charge in [0.15, 0.2) is 4.77 Å². The van der Waals surface area contributed by atoms with Gasteiger partial charge >= 0.3 is 0 Å². The van der Waals surface area contributed by atoms with E-state index in [4.69, 9.17) is 12.2 Å². The summed E-state index contributed by atoms with van der Waals surface area (Å²) in [6.45, 7) is 4.86. The Morgan fingerprint density at radius 2 is 2.22 bits per heavy atom. The summed E-state index contributed by atoms with van der Waals surface area (Å²) < 4.78 is 2.88. The molecule has 0 aliphatic carbocycles. The van der Waals surface area contributed by atoms with E-state index in [0.717, 1.165) is 27.5 Å². The lowest BCUT2D eigenvalue weighted by molar-refractivity contribution is 0.798. The van der Waals surface area contributed by atoms with Gasteiger partial charge in [-0.15, -0.1) is 11.3 Å². The molecule has 0 unspecified atom stereocenters. The van der Waals surface area contributed by atoms with Crippen molar-refractivity contribution in [2.24, 2.45) is 0 Å². The van der Waals surface area contributed by atoms with Crippen LogP contribution in [-0.2, 0) is 6.54 Å². The first kappa shape index (κ1) is 11.6. The molecule has 0 amide bonds. The van der Waals surface area contributed by atoms with E-state index in [9.17, 15) is 0 Å². The van der Waals surface area contributed by atoms with E-state index in [1.807, 2.05) is 13.0 Å². The van der Waals surface area contributed by atoms with Crippen molar-refractivity contribution in [3.8, 4) is 0 Å². The van der Waals surface area contributed by atoms with Crippen LogP contribution in [0.5, 0.6) is 0 Å². The molecule has 3 rings (SSSR count). The molecular formula is C13H13N3S2. The van der Waals surface area contributed by atoms with Crippen molar-refractivity contribution in [3.63, 3.8) is 0 Å². The Hall–Kier alpha value is -1.46. The van der Waals surface area contributed by atoms with Gasteiger partial charge in [0.05, 0.1) is 17.6 Å². The van der Waals surface area contributed by atoms with Gasteiger partial charge in [-0.1, -0.05) is 12.1 Å². The lowest BCUT2D eigenvalue weighted by atomic mass is 10.2. The molecule has 0 bridgehead atoms. The van der Waals surface area contributed by atoms with E-state index >= 15 is 0 Å². The number of nitrogens with zero attached hydrogens (tertiary/aromatic N) is 2. The second-order valence-corrected chi connectivity index (χ2v) is 5.70. The number of thiazole rings is 1. The molecule has 0 aliphatic rings. The van der Waals surface area contributed by atoms with Gasteiger partial charge in [0.25, 0.3) is 0 Å². The number of fused-ring (bicyclic) bond motifs is 1. The predicted octanol–water partition coefficient (Wildman–Crippen LogP) is 3.82. The van der Waals surface area contributed by atoms with Crippen LogP contribution in [0.4, 0.5) is 0 Å². The van der Waals surface area contributed by atoms with Gasteiger partial charge in [-0.3, -0.25) is 0 Å². The smallest absolute Gasteiger partial charge is 0.178 e. The normalized spacial score (nSPS) is 11.2. The first-order chi connectivity index (χ1) is 8.65. The maximum Gasteiger partial charge on any atom is 0.178 e. The average Bonchev–Trinajstić information content (AvgIpc) is 2.85. The summed E-state index contributed by atoms with van der Waals surface area (Å²) in [6.07, 6.45) is 0. The van der Waals surface area contributed by atoms with Gasteiger partial charge in [-0.2, -0.15) is 0 Å². The highest BCUT2D eigenvalue weighted by Gasteiger charge is 2.08. The third kappa shape index (κ3) is 1.89. The monoisotopic (exact) mass is 275 g/mol. The Labute approximate surface area is 114 Å². The molecule has 0 fully saturated rings. The highest BCUT2D eigenvalue weighted by atomic mass is 32.1. The molecule has 0 atom stereocenters. The Kier molecular flexibility index (Phi) is 2.80. The second-order valence-electron chi connectivity index (χ2n) is 4.37. The van der Waals surface area contributed by atoms with E-state index in [0.29, 0.717) is 0 Å². The number of para-hydroxylation sites is 1. The molecule has 2 heterocycles. The van der Waals surface area contributed by atoms with Crippen molar-refractivity contribution in [3.05, 3.63) is 44.6 Å². The molecule has 92 valence electrons. The lowest BCUT2D eigenvalue weighted by Crippen LogP contribution is -2.00. The van der Waals surface area contributed by atoms with E-state index in [1.54, 1.807) is 11.3 Å². The first-order valence-electron chi connectivity index (χ1n) is 5.74. The molecule has 1 N–H and O–H groups in total. The van der Waals surface area contributed by atoms with E-state index in [2.05, 4.69) is 39.0 Å². The van der Waals surface area contributed by atoms with Crippen molar-refractivity contribution in [2.75, 3.05) is 0 Å². The second kappa shape index (κ2) is 4.33. The molecule has 5 heteroatoms. The molecule has 0 saturated carbocycles. The Balaban J connectivity index is 2.16. The molecule has 0 aliphatic heterocycles. The van der Waals surface area contributed by atoms with Gasteiger partial charge in [-0.25, -0.2) is 4.98 Å². The summed E-state index contributed by atoms with van der Waals surface area (Å²) in [4.78, 5) is 7.75. The molecule has 0 radical (unpaired) electrons. The van der Waals surface area contributed by atoms with Gasteiger partial charge in [0, 0.05) is 11.1 Å². The number of aromatic amines is 1. The third-order valence-electron chi connectivity index (χ3n) is 2.95. The number of rotatable bonds is 2. The zero-order chi connectivity index (χ0) is 12.7. The van der Waals surface area contributed by atoms with Crippen LogP contribution in [0.2, 0.25) is 0 Å². The maximum absolute atomic E-state index is 5.40. The first-order valence-corrected chi connectivity index (χ1v) is 7.03. The number of aryl methyl sites for hydroxylation is 2. The summed E-state index contributed by atoms with van der Waals surface area (Å²) in [7, 11) is 0. The fourth-order valence-corrected chi connectivity index (χ4v) is 3.19. The fraction of sp³-hybridized carbons (Fsp3) is 0.231. The van der Waals surface area contributed by atoms with E-state index < -0.39 is 0 Å². The van der Waals surface area contributed by atoms with E-state index in [1.165, 1.54) is 11.1 Å². The standard InChI is InChI=1S/C13H13N3S2/c1-8-4-3-5-10-12(8)16(13(17)15-10)6-11-14-9(2)7-18-11/h3-5,7H,6H2,1-2H3,(H,15,17). The van der Waals surface area contributed by atoms with Crippen LogP contribution < -0.4 is 0 Å². The zero-order valence-corrected chi connectivity index (χ0v) is 11.9. The third-order valence-corrected chi connectivity index (χ3v) is 4.23. The number of hydrogen-bond donors (Lipinski definition) is 1. The molecule has 2 aromatic heterocycles. The number of hydrogen-bond acceptors (Lipinski definition) is 3. The van der Waals surface area contributed by atoms with Crippen LogP contribution in [-0.4, -0.2) is 14.5 Å². The quantitative estimate of drug-likeness (QED) is 0.721. The van der Waals surface area contributed by atoms with Crippen molar-refractivity contribution >= 4 is 34.6 Å².